The van der Waals surface area contributed by atoms with Gasteiger partial charge in [0.05, 0.1) is 0 Å². The summed E-state index contributed by atoms with van der Waals surface area (Å²) >= 11 is 0. The number of anilines is 3. The van der Waals surface area contributed by atoms with Crippen LogP contribution < -0.4 is 4.90 Å². The number of rotatable bonds is 7. The van der Waals surface area contributed by atoms with Crippen LogP contribution in [0.15, 0.2) is 224 Å². The molecule has 1 heteroatoms. The Balaban J connectivity index is 1.00. The summed E-state index contributed by atoms with van der Waals surface area (Å²) in [4.78, 5) is 2.34. The van der Waals surface area contributed by atoms with Gasteiger partial charge in [0.2, 0.25) is 0 Å². The predicted octanol–water partition coefficient (Wildman–Crippen LogP) is 15.3. The van der Waals surface area contributed by atoms with Gasteiger partial charge in [0.15, 0.2) is 0 Å². The minimum atomic E-state index is 1.11. The largest absolute Gasteiger partial charge is 0.311 e. The van der Waals surface area contributed by atoms with Crippen LogP contribution in [0.2, 0.25) is 0 Å². The highest BCUT2D eigenvalue weighted by molar-refractivity contribution is 6.05. The molecule has 0 radical (unpaired) electrons. The maximum absolute atomic E-state index is 2.34. The first kappa shape index (κ1) is 32.4. The molecule has 0 saturated heterocycles. The maximum atomic E-state index is 2.34. The fourth-order valence-electron chi connectivity index (χ4n) is 8.10. The lowest BCUT2D eigenvalue weighted by atomic mass is 9.89. The Hall–Kier alpha value is -7.22. The van der Waals surface area contributed by atoms with Crippen molar-refractivity contribution in [1.82, 2.24) is 0 Å². The minimum absolute atomic E-state index is 1.11. The van der Waals surface area contributed by atoms with Crippen molar-refractivity contribution in [2.24, 2.45) is 0 Å². The summed E-state index contributed by atoms with van der Waals surface area (Å²) in [6.07, 6.45) is 0. The highest BCUT2D eigenvalue weighted by Gasteiger charge is 2.16. The molecule has 0 spiro atoms. The van der Waals surface area contributed by atoms with Crippen molar-refractivity contribution in [2.45, 2.75) is 0 Å². The van der Waals surface area contributed by atoms with Gasteiger partial charge in [-0.1, -0.05) is 182 Å². The second kappa shape index (κ2) is 14.0. The van der Waals surface area contributed by atoms with Crippen LogP contribution in [0.25, 0.3) is 76.8 Å². The molecule has 0 aromatic heterocycles. The van der Waals surface area contributed by atoms with Crippen LogP contribution in [-0.2, 0) is 0 Å². The van der Waals surface area contributed by atoms with Crippen LogP contribution in [-0.4, -0.2) is 0 Å². The summed E-state index contributed by atoms with van der Waals surface area (Å²) in [6, 6.07) is 81.4. The zero-order valence-electron chi connectivity index (χ0n) is 30.3. The Kier molecular flexibility index (Phi) is 8.24. The third kappa shape index (κ3) is 6.12. The molecule has 10 aromatic carbocycles. The Bertz CT molecular complexity index is 2940. The van der Waals surface area contributed by atoms with Crippen molar-refractivity contribution in [3.05, 3.63) is 224 Å². The number of hydrogen-bond acceptors (Lipinski definition) is 1. The van der Waals surface area contributed by atoms with Crippen LogP contribution >= 0.6 is 0 Å². The predicted molar refractivity (Wildman–Crippen MR) is 235 cm³/mol. The molecule has 0 aliphatic carbocycles. The van der Waals surface area contributed by atoms with E-state index in [9.17, 15) is 0 Å². The van der Waals surface area contributed by atoms with Gasteiger partial charge in [0.25, 0.3) is 0 Å². The van der Waals surface area contributed by atoms with Crippen molar-refractivity contribution in [3.8, 4) is 44.5 Å². The van der Waals surface area contributed by atoms with Gasteiger partial charge < -0.3 is 4.90 Å². The molecular weight excluding hydrogens is 663 g/mol. The number of para-hydroxylation sites is 1. The standard InChI is InChI=1S/C54H37N/c1-2-16-47(17-3-1)55(48-32-27-40(28-33-48)39-21-24-43(25-22-39)51-20-10-15-41-12-6-8-18-50(41)51)49-34-29-44(30-35-49)54-52-19-9-7-13-42(52)31-36-53(54)46-26-23-38-11-4-5-14-45(38)37-46/h1-37H. The quantitative estimate of drug-likeness (QED) is 0.160. The third-order valence-electron chi connectivity index (χ3n) is 10.9. The molecule has 0 bridgehead atoms. The molecule has 0 fully saturated rings. The average molecular weight is 700 g/mol. The Morgan fingerprint density at radius 1 is 0.236 bits per heavy atom. The normalized spacial score (nSPS) is 11.3. The molecule has 10 rings (SSSR count). The highest BCUT2D eigenvalue weighted by Crippen LogP contribution is 2.42. The van der Waals surface area contributed by atoms with Gasteiger partial charge in [-0.15, -0.1) is 0 Å². The van der Waals surface area contributed by atoms with E-state index in [2.05, 4.69) is 229 Å². The Morgan fingerprint density at radius 2 is 0.709 bits per heavy atom. The fourth-order valence-corrected chi connectivity index (χ4v) is 8.10. The number of fused-ring (bicyclic) bond motifs is 3. The molecule has 0 saturated carbocycles. The zero-order valence-corrected chi connectivity index (χ0v) is 30.3. The summed E-state index contributed by atoms with van der Waals surface area (Å²) in [5.74, 6) is 0. The lowest BCUT2D eigenvalue weighted by Crippen LogP contribution is -2.09. The first-order chi connectivity index (χ1) is 27.3. The summed E-state index contributed by atoms with van der Waals surface area (Å²) in [6.45, 7) is 0. The van der Waals surface area contributed by atoms with Crippen molar-refractivity contribution in [1.29, 1.82) is 0 Å². The second-order valence-electron chi connectivity index (χ2n) is 14.1. The van der Waals surface area contributed by atoms with Crippen LogP contribution in [0.5, 0.6) is 0 Å². The summed E-state index contributed by atoms with van der Waals surface area (Å²) < 4.78 is 0. The van der Waals surface area contributed by atoms with Crippen LogP contribution in [0, 0.1) is 0 Å². The van der Waals surface area contributed by atoms with Gasteiger partial charge in [-0.3, -0.25) is 0 Å². The Morgan fingerprint density at radius 3 is 1.42 bits per heavy atom. The van der Waals surface area contributed by atoms with Crippen molar-refractivity contribution in [2.75, 3.05) is 4.90 Å². The first-order valence-electron chi connectivity index (χ1n) is 18.9. The van der Waals surface area contributed by atoms with E-state index >= 15 is 0 Å². The molecule has 258 valence electrons. The Labute approximate surface area is 322 Å². The van der Waals surface area contributed by atoms with Gasteiger partial charge in [-0.25, -0.2) is 0 Å². The van der Waals surface area contributed by atoms with Crippen LogP contribution in [0.3, 0.4) is 0 Å². The van der Waals surface area contributed by atoms with E-state index in [1.165, 1.54) is 76.8 Å². The molecule has 0 unspecified atom stereocenters. The molecule has 0 amide bonds. The van der Waals surface area contributed by atoms with Crippen LogP contribution in [0.1, 0.15) is 0 Å². The smallest absolute Gasteiger partial charge is 0.0462 e. The summed E-state index contributed by atoms with van der Waals surface area (Å²) in [5.41, 5.74) is 13.1. The average Bonchev–Trinajstić information content (AvgIpc) is 3.27. The fraction of sp³-hybridized carbons (Fsp3) is 0. The molecule has 0 atom stereocenters. The maximum Gasteiger partial charge on any atom is 0.0462 e. The molecule has 0 N–H and O–H groups in total. The number of nitrogens with zero attached hydrogens (tertiary/aromatic N) is 1. The lowest BCUT2D eigenvalue weighted by molar-refractivity contribution is 1.28. The van der Waals surface area contributed by atoms with Gasteiger partial charge in [0, 0.05) is 17.1 Å². The molecule has 0 aliphatic heterocycles. The number of benzene rings is 10. The van der Waals surface area contributed by atoms with E-state index in [-0.39, 0.29) is 0 Å². The van der Waals surface area contributed by atoms with Gasteiger partial charge in [-0.05, 0) is 119 Å². The monoisotopic (exact) mass is 699 g/mol. The molecule has 0 aliphatic rings. The molecule has 1 nitrogen and oxygen atoms in total. The van der Waals surface area contributed by atoms with E-state index in [1.807, 2.05) is 0 Å². The van der Waals surface area contributed by atoms with E-state index < -0.39 is 0 Å². The minimum Gasteiger partial charge on any atom is -0.311 e. The van der Waals surface area contributed by atoms with E-state index in [1.54, 1.807) is 0 Å². The lowest BCUT2D eigenvalue weighted by Gasteiger charge is -2.26. The van der Waals surface area contributed by atoms with E-state index in [0.29, 0.717) is 0 Å². The molecule has 55 heavy (non-hydrogen) atoms. The summed E-state index contributed by atoms with van der Waals surface area (Å²) in [7, 11) is 0. The van der Waals surface area contributed by atoms with E-state index in [0.717, 1.165) is 17.1 Å². The van der Waals surface area contributed by atoms with Crippen molar-refractivity contribution in [3.63, 3.8) is 0 Å². The van der Waals surface area contributed by atoms with Gasteiger partial charge >= 0.3 is 0 Å². The molecule has 10 aromatic rings. The number of hydrogen-bond donors (Lipinski definition) is 0. The van der Waals surface area contributed by atoms with Crippen LogP contribution in [0.4, 0.5) is 17.1 Å². The third-order valence-corrected chi connectivity index (χ3v) is 10.9. The second-order valence-corrected chi connectivity index (χ2v) is 14.1. The summed E-state index contributed by atoms with van der Waals surface area (Å²) in [5, 5.41) is 7.52. The SMILES string of the molecule is c1ccc(N(c2ccc(-c3ccc(-c4cccc5ccccc45)cc3)cc2)c2ccc(-c3c(-c4ccc5ccccc5c4)ccc4ccccc34)cc2)cc1. The first-order valence-corrected chi connectivity index (χ1v) is 18.9. The zero-order chi connectivity index (χ0) is 36.6. The highest BCUT2D eigenvalue weighted by atomic mass is 15.1. The molecular formula is C54H37N. The van der Waals surface area contributed by atoms with Crippen molar-refractivity contribution < 1.29 is 0 Å². The van der Waals surface area contributed by atoms with Crippen molar-refractivity contribution >= 4 is 49.4 Å². The van der Waals surface area contributed by atoms with E-state index in [4.69, 9.17) is 0 Å². The van der Waals surface area contributed by atoms with Gasteiger partial charge in [0.1, 0.15) is 0 Å². The molecule has 0 heterocycles. The van der Waals surface area contributed by atoms with Gasteiger partial charge in [-0.2, -0.15) is 0 Å². The topological polar surface area (TPSA) is 3.24 Å².